The number of unbranched alkanes of at least 4 members (excludes halogenated alkanes) is 1. The molecule has 2 atom stereocenters. The molecule has 0 aromatic rings. The average molecular weight is 246 g/mol. The predicted molar refractivity (Wildman–Crippen MR) is 72.7 cm³/mol. The summed E-state index contributed by atoms with van der Waals surface area (Å²) in [5.74, 6) is 0.915. The molecule has 0 aromatic heterocycles. The zero-order valence-electron chi connectivity index (χ0n) is 11.0. The Morgan fingerprint density at radius 2 is 2.12 bits per heavy atom. The molecule has 3 N–H and O–H groups in total. The van der Waals surface area contributed by atoms with Crippen LogP contribution in [0.15, 0.2) is 0 Å². The first-order valence-electron chi connectivity index (χ1n) is 6.06. The van der Waals surface area contributed by atoms with Gasteiger partial charge in [0.05, 0.1) is 5.54 Å². The van der Waals surface area contributed by atoms with E-state index in [1.165, 1.54) is 12.2 Å². The van der Waals surface area contributed by atoms with Gasteiger partial charge in [-0.15, -0.1) is 0 Å². The number of carbonyl (C=O) groups is 1. The van der Waals surface area contributed by atoms with Gasteiger partial charge in [-0.1, -0.05) is 20.3 Å². The van der Waals surface area contributed by atoms with E-state index in [1.54, 1.807) is 7.05 Å². The van der Waals surface area contributed by atoms with Crippen LogP contribution in [-0.4, -0.2) is 29.5 Å². The van der Waals surface area contributed by atoms with Crippen molar-refractivity contribution in [1.82, 2.24) is 5.32 Å². The predicted octanol–water partition coefficient (Wildman–Crippen LogP) is 2.15. The summed E-state index contributed by atoms with van der Waals surface area (Å²) in [6.45, 7) is 6.34. The van der Waals surface area contributed by atoms with Crippen molar-refractivity contribution >= 4 is 17.7 Å². The maximum atomic E-state index is 11.2. The van der Waals surface area contributed by atoms with Crippen LogP contribution in [0.25, 0.3) is 0 Å². The van der Waals surface area contributed by atoms with E-state index < -0.39 is 5.54 Å². The molecule has 0 aliphatic heterocycles. The molecule has 96 valence electrons. The third kappa shape index (κ3) is 5.75. The minimum absolute atomic E-state index is 0.260. The Labute approximate surface area is 104 Å². The summed E-state index contributed by atoms with van der Waals surface area (Å²) in [6.07, 6.45) is 4.24. The monoisotopic (exact) mass is 246 g/mol. The molecule has 0 bridgehead atoms. The first-order valence-corrected chi connectivity index (χ1v) is 7.11. The number of thioether (sulfide) groups is 1. The number of nitrogens with one attached hydrogen (secondary N) is 1. The first kappa shape index (κ1) is 15.8. The van der Waals surface area contributed by atoms with E-state index in [9.17, 15) is 4.79 Å². The third-order valence-electron chi connectivity index (χ3n) is 3.14. The van der Waals surface area contributed by atoms with Gasteiger partial charge in [-0.2, -0.15) is 11.8 Å². The molecule has 0 rings (SSSR count). The molecule has 0 aliphatic carbocycles. The van der Waals surface area contributed by atoms with Gasteiger partial charge in [0.15, 0.2) is 0 Å². The largest absolute Gasteiger partial charge is 0.368 e. The zero-order chi connectivity index (χ0) is 12.6. The van der Waals surface area contributed by atoms with Gasteiger partial charge in [-0.3, -0.25) is 4.79 Å². The second-order valence-corrected chi connectivity index (χ2v) is 6.04. The highest BCUT2D eigenvalue weighted by Gasteiger charge is 2.27. The number of primary amides is 1. The maximum Gasteiger partial charge on any atom is 0.237 e. The number of nitrogens with two attached hydrogens (primary N) is 1. The summed E-state index contributed by atoms with van der Waals surface area (Å²) in [4.78, 5) is 11.2. The Bertz CT molecular complexity index is 211. The van der Waals surface area contributed by atoms with Crippen molar-refractivity contribution in [2.45, 2.75) is 57.2 Å². The van der Waals surface area contributed by atoms with Crippen LogP contribution >= 0.6 is 11.8 Å². The molecular formula is C12H26N2OS. The standard InChI is InChI=1S/C12H26N2OS/c1-5-10(2)16-9-7-6-8-12(3,14-4)11(13)15/h10,14H,5-9H2,1-4H3,(H2,13,15). The molecule has 0 aliphatic rings. The molecule has 0 fully saturated rings. The normalized spacial score (nSPS) is 16.8. The van der Waals surface area contributed by atoms with Crippen LogP contribution in [-0.2, 0) is 4.79 Å². The summed E-state index contributed by atoms with van der Waals surface area (Å²) in [6, 6.07) is 0. The molecule has 16 heavy (non-hydrogen) atoms. The van der Waals surface area contributed by atoms with Crippen molar-refractivity contribution in [3.63, 3.8) is 0 Å². The van der Waals surface area contributed by atoms with Crippen LogP contribution < -0.4 is 11.1 Å². The number of likely N-dealkylation sites (N-methyl/N-ethyl adjacent to an activating group) is 1. The van der Waals surface area contributed by atoms with E-state index in [-0.39, 0.29) is 5.91 Å². The highest BCUT2D eigenvalue weighted by molar-refractivity contribution is 7.99. The Hall–Kier alpha value is -0.220. The van der Waals surface area contributed by atoms with Crippen molar-refractivity contribution in [3.05, 3.63) is 0 Å². The van der Waals surface area contributed by atoms with E-state index >= 15 is 0 Å². The quantitative estimate of drug-likeness (QED) is 0.613. The smallest absolute Gasteiger partial charge is 0.237 e. The minimum Gasteiger partial charge on any atom is -0.368 e. The van der Waals surface area contributed by atoms with Crippen LogP contribution in [0.5, 0.6) is 0 Å². The minimum atomic E-state index is -0.541. The highest BCUT2D eigenvalue weighted by Crippen LogP contribution is 2.18. The van der Waals surface area contributed by atoms with E-state index in [2.05, 4.69) is 19.2 Å². The SMILES string of the molecule is CCC(C)SCCCCC(C)(NC)C(N)=O. The Morgan fingerprint density at radius 3 is 2.56 bits per heavy atom. The fourth-order valence-electron chi connectivity index (χ4n) is 1.35. The second-order valence-electron chi connectivity index (χ2n) is 4.49. The van der Waals surface area contributed by atoms with Crippen molar-refractivity contribution < 1.29 is 4.79 Å². The fourth-order valence-corrected chi connectivity index (χ4v) is 2.36. The van der Waals surface area contributed by atoms with Gasteiger partial charge < -0.3 is 11.1 Å². The summed E-state index contributed by atoms with van der Waals surface area (Å²) in [5, 5.41) is 3.75. The lowest BCUT2D eigenvalue weighted by atomic mass is 9.94. The third-order valence-corrected chi connectivity index (χ3v) is 4.57. The van der Waals surface area contributed by atoms with Gasteiger partial charge in [0, 0.05) is 5.25 Å². The summed E-state index contributed by atoms with van der Waals surface area (Å²) in [7, 11) is 1.79. The zero-order valence-corrected chi connectivity index (χ0v) is 11.8. The van der Waals surface area contributed by atoms with Gasteiger partial charge in [-0.05, 0) is 39.0 Å². The van der Waals surface area contributed by atoms with Gasteiger partial charge in [0.2, 0.25) is 5.91 Å². The molecule has 0 aromatic carbocycles. The van der Waals surface area contributed by atoms with Gasteiger partial charge >= 0.3 is 0 Å². The van der Waals surface area contributed by atoms with E-state index in [4.69, 9.17) is 5.73 Å². The molecule has 0 saturated carbocycles. The molecule has 0 radical (unpaired) electrons. The lowest BCUT2D eigenvalue weighted by molar-refractivity contribution is -0.123. The number of hydrogen-bond donors (Lipinski definition) is 2. The number of rotatable bonds is 9. The maximum absolute atomic E-state index is 11.2. The van der Waals surface area contributed by atoms with Crippen LogP contribution in [0, 0.1) is 0 Å². The Kier molecular flexibility index (Phi) is 7.85. The van der Waals surface area contributed by atoms with E-state index in [0.717, 1.165) is 24.5 Å². The summed E-state index contributed by atoms with van der Waals surface area (Å²) in [5.41, 5.74) is 4.82. The first-order chi connectivity index (χ1) is 7.46. The van der Waals surface area contributed by atoms with Crippen molar-refractivity contribution in [2.24, 2.45) is 5.73 Å². The fraction of sp³-hybridized carbons (Fsp3) is 0.917. The molecule has 0 saturated heterocycles. The summed E-state index contributed by atoms with van der Waals surface area (Å²) < 4.78 is 0. The Balaban J connectivity index is 3.68. The highest BCUT2D eigenvalue weighted by atomic mass is 32.2. The molecule has 1 amide bonds. The van der Waals surface area contributed by atoms with Crippen molar-refractivity contribution in [2.75, 3.05) is 12.8 Å². The second kappa shape index (κ2) is 7.96. The Morgan fingerprint density at radius 1 is 1.50 bits per heavy atom. The lowest BCUT2D eigenvalue weighted by Gasteiger charge is -2.25. The molecule has 2 unspecified atom stereocenters. The summed E-state index contributed by atoms with van der Waals surface area (Å²) >= 11 is 2.01. The average Bonchev–Trinajstić information content (AvgIpc) is 2.27. The molecule has 0 heterocycles. The van der Waals surface area contributed by atoms with E-state index in [1.807, 2.05) is 18.7 Å². The number of carbonyl (C=O) groups excluding carboxylic acids is 1. The van der Waals surface area contributed by atoms with Gasteiger partial charge in [0.1, 0.15) is 0 Å². The van der Waals surface area contributed by atoms with Crippen molar-refractivity contribution in [1.29, 1.82) is 0 Å². The van der Waals surface area contributed by atoms with Gasteiger partial charge in [0.25, 0.3) is 0 Å². The lowest BCUT2D eigenvalue weighted by Crippen LogP contribution is -2.51. The number of hydrogen-bond acceptors (Lipinski definition) is 3. The number of amides is 1. The van der Waals surface area contributed by atoms with Gasteiger partial charge in [-0.25, -0.2) is 0 Å². The van der Waals surface area contributed by atoms with Crippen LogP contribution in [0.1, 0.15) is 46.5 Å². The van der Waals surface area contributed by atoms with Crippen molar-refractivity contribution in [3.8, 4) is 0 Å². The molecular weight excluding hydrogens is 220 g/mol. The van der Waals surface area contributed by atoms with Crippen LogP contribution in [0.4, 0.5) is 0 Å². The topological polar surface area (TPSA) is 55.1 Å². The molecule has 0 spiro atoms. The van der Waals surface area contributed by atoms with Crippen LogP contribution in [0.3, 0.4) is 0 Å². The van der Waals surface area contributed by atoms with Crippen LogP contribution in [0.2, 0.25) is 0 Å². The molecule has 4 heteroatoms. The molecule has 3 nitrogen and oxygen atoms in total. The van der Waals surface area contributed by atoms with E-state index in [0.29, 0.717) is 0 Å².